The van der Waals surface area contributed by atoms with Gasteiger partial charge in [-0.2, -0.15) is 0 Å². The first-order valence-electron chi connectivity index (χ1n) is 5.48. The Morgan fingerprint density at radius 1 is 1.35 bits per heavy atom. The highest BCUT2D eigenvalue weighted by atomic mass is 79.9. The molecule has 0 saturated carbocycles. The number of halogens is 1. The maximum Gasteiger partial charge on any atom is 0.153 e. The fourth-order valence-corrected chi connectivity index (χ4v) is 2.51. The standard InChI is InChI=1S/C12H17BrO3S/c1-3-17(14,15)8-7-16-12-10(2)5-4-6-11(12)9-13/h4-6H,3,7-9H2,1-2H3. The number of benzene rings is 1. The molecule has 1 aromatic rings. The third-order valence-electron chi connectivity index (χ3n) is 2.52. The highest BCUT2D eigenvalue weighted by Gasteiger charge is 2.10. The van der Waals surface area contributed by atoms with Crippen LogP contribution >= 0.6 is 15.9 Å². The quantitative estimate of drug-likeness (QED) is 0.757. The van der Waals surface area contributed by atoms with Crippen molar-refractivity contribution in [1.29, 1.82) is 0 Å². The van der Waals surface area contributed by atoms with Gasteiger partial charge < -0.3 is 4.74 Å². The van der Waals surface area contributed by atoms with Crippen molar-refractivity contribution in [1.82, 2.24) is 0 Å². The number of aryl methyl sites for hydroxylation is 1. The van der Waals surface area contributed by atoms with Gasteiger partial charge in [-0.1, -0.05) is 41.1 Å². The molecule has 96 valence electrons. The zero-order valence-corrected chi connectivity index (χ0v) is 12.5. The lowest BCUT2D eigenvalue weighted by atomic mass is 10.1. The average Bonchev–Trinajstić information content (AvgIpc) is 2.31. The maximum absolute atomic E-state index is 11.3. The van der Waals surface area contributed by atoms with E-state index in [1.54, 1.807) is 6.92 Å². The summed E-state index contributed by atoms with van der Waals surface area (Å²) < 4.78 is 28.3. The van der Waals surface area contributed by atoms with Crippen molar-refractivity contribution in [3.05, 3.63) is 29.3 Å². The smallest absolute Gasteiger partial charge is 0.153 e. The number of ether oxygens (including phenoxy) is 1. The van der Waals surface area contributed by atoms with Gasteiger partial charge in [-0.15, -0.1) is 0 Å². The summed E-state index contributed by atoms with van der Waals surface area (Å²) in [6, 6.07) is 5.88. The first-order valence-corrected chi connectivity index (χ1v) is 8.42. The number of hydrogen-bond acceptors (Lipinski definition) is 3. The number of sulfone groups is 1. The first kappa shape index (κ1) is 14.5. The highest BCUT2D eigenvalue weighted by molar-refractivity contribution is 9.08. The van der Waals surface area contributed by atoms with Crippen molar-refractivity contribution in [3.8, 4) is 5.75 Å². The second kappa shape index (κ2) is 6.40. The molecule has 1 rings (SSSR count). The Morgan fingerprint density at radius 3 is 2.65 bits per heavy atom. The predicted molar refractivity (Wildman–Crippen MR) is 73.6 cm³/mol. The Bertz CT molecular complexity index is 469. The first-order chi connectivity index (χ1) is 8.00. The van der Waals surface area contributed by atoms with E-state index in [0.717, 1.165) is 16.9 Å². The highest BCUT2D eigenvalue weighted by Crippen LogP contribution is 2.25. The van der Waals surface area contributed by atoms with Crippen molar-refractivity contribution >= 4 is 25.8 Å². The van der Waals surface area contributed by atoms with Crippen LogP contribution in [0.2, 0.25) is 0 Å². The molecule has 0 N–H and O–H groups in total. The van der Waals surface area contributed by atoms with E-state index in [0.29, 0.717) is 5.33 Å². The summed E-state index contributed by atoms with van der Waals surface area (Å²) in [4.78, 5) is 0. The number of alkyl halides is 1. The van der Waals surface area contributed by atoms with Gasteiger partial charge in [0.25, 0.3) is 0 Å². The zero-order valence-electron chi connectivity index (χ0n) is 10.1. The van der Waals surface area contributed by atoms with Crippen LogP contribution in [0.1, 0.15) is 18.1 Å². The lowest BCUT2D eigenvalue weighted by Gasteiger charge is -2.12. The molecule has 0 amide bonds. The SMILES string of the molecule is CCS(=O)(=O)CCOc1c(C)cccc1CBr. The topological polar surface area (TPSA) is 43.4 Å². The molecule has 0 aromatic heterocycles. The van der Waals surface area contributed by atoms with Crippen molar-refractivity contribution in [2.45, 2.75) is 19.2 Å². The van der Waals surface area contributed by atoms with Crippen molar-refractivity contribution in [2.24, 2.45) is 0 Å². The minimum atomic E-state index is -2.96. The molecule has 0 unspecified atom stereocenters. The lowest BCUT2D eigenvalue weighted by molar-refractivity contribution is 0.336. The zero-order chi connectivity index (χ0) is 12.9. The van der Waals surface area contributed by atoms with Gasteiger partial charge in [-0.05, 0) is 12.5 Å². The molecule has 17 heavy (non-hydrogen) atoms. The van der Waals surface area contributed by atoms with Gasteiger partial charge >= 0.3 is 0 Å². The van der Waals surface area contributed by atoms with Gasteiger partial charge in [-0.3, -0.25) is 0 Å². The van der Waals surface area contributed by atoms with E-state index in [2.05, 4.69) is 15.9 Å². The molecule has 0 aliphatic heterocycles. The molecule has 3 nitrogen and oxygen atoms in total. The van der Waals surface area contributed by atoms with Crippen molar-refractivity contribution in [3.63, 3.8) is 0 Å². The Labute approximate surface area is 111 Å². The van der Waals surface area contributed by atoms with E-state index in [4.69, 9.17) is 4.74 Å². The molecule has 0 atom stereocenters. The third kappa shape index (κ3) is 4.32. The summed E-state index contributed by atoms with van der Waals surface area (Å²) in [6.07, 6.45) is 0. The Balaban J connectivity index is 2.70. The van der Waals surface area contributed by atoms with Crippen LogP contribution in [0, 0.1) is 6.92 Å². The second-order valence-electron chi connectivity index (χ2n) is 3.78. The Kier molecular flexibility index (Phi) is 5.46. The molecule has 0 saturated heterocycles. The van der Waals surface area contributed by atoms with E-state index < -0.39 is 9.84 Å². The predicted octanol–water partition coefficient (Wildman–Crippen LogP) is 2.70. The largest absolute Gasteiger partial charge is 0.492 e. The monoisotopic (exact) mass is 320 g/mol. The summed E-state index contributed by atoms with van der Waals surface area (Å²) in [5, 5.41) is 0.699. The van der Waals surface area contributed by atoms with E-state index >= 15 is 0 Å². The molecular formula is C12H17BrO3S. The summed E-state index contributed by atoms with van der Waals surface area (Å²) in [7, 11) is -2.96. The van der Waals surface area contributed by atoms with E-state index in [9.17, 15) is 8.42 Å². The normalized spacial score (nSPS) is 11.5. The Hall–Kier alpha value is -0.550. The van der Waals surface area contributed by atoms with Crippen LogP contribution in [0.3, 0.4) is 0 Å². The summed E-state index contributed by atoms with van der Waals surface area (Å²) in [5.41, 5.74) is 2.06. The van der Waals surface area contributed by atoms with Crippen LogP contribution in [-0.4, -0.2) is 26.5 Å². The minimum absolute atomic E-state index is 0.0690. The molecule has 0 aliphatic carbocycles. The van der Waals surface area contributed by atoms with Crippen molar-refractivity contribution < 1.29 is 13.2 Å². The van der Waals surface area contributed by atoms with Gasteiger partial charge in [0, 0.05) is 16.6 Å². The molecule has 0 bridgehead atoms. The summed E-state index contributed by atoms with van der Waals surface area (Å²) in [5.74, 6) is 1.02. The molecule has 0 fully saturated rings. The number of para-hydroxylation sites is 1. The van der Waals surface area contributed by atoms with Crippen LogP contribution in [0.25, 0.3) is 0 Å². The van der Waals surface area contributed by atoms with E-state index in [1.807, 2.05) is 25.1 Å². The van der Waals surface area contributed by atoms with Gasteiger partial charge in [0.1, 0.15) is 12.4 Å². The van der Waals surface area contributed by atoms with Gasteiger partial charge in [-0.25, -0.2) is 8.42 Å². The van der Waals surface area contributed by atoms with Crippen LogP contribution in [0.5, 0.6) is 5.75 Å². The molecule has 0 radical (unpaired) electrons. The number of hydrogen-bond donors (Lipinski definition) is 0. The fourth-order valence-electron chi connectivity index (χ4n) is 1.44. The average molecular weight is 321 g/mol. The van der Waals surface area contributed by atoms with E-state index in [1.165, 1.54) is 0 Å². The second-order valence-corrected chi connectivity index (χ2v) is 6.82. The van der Waals surface area contributed by atoms with Gasteiger partial charge in [0.2, 0.25) is 0 Å². The maximum atomic E-state index is 11.3. The van der Waals surface area contributed by atoms with Crippen LogP contribution in [-0.2, 0) is 15.2 Å². The lowest BCUT2D eigenvalue weighted by Crippen LogP contribution is -2.16. The fraction of sp³-hybridized carbons (Fsp3) is 0.500. The number of rotatable bonds is 6. The molecule has 1 aromatic carbocycles. The van der Waals surface area contributed by atoms with Crippen LogP contribution in [0.4, 0.5) is 0 Å². The molecule has 5 heteroatoms. The molecule has 0 heterocycles. The van der Waals surface area contributed by atoms with Gasteiger partial charge in [0.05, 0.1) is 5.75 Å². The minimum Gasteiger partial charge on any atom is -0.492 e. The molecule has 0 aliphatic rings. The third-order valence-corrected chi connectivity index (χ3v) is 4.79. The van der Waals surface area contributed by atoms with Crippen molar-refractivity contribution in [2.75, 3.05) is 18.1 Å². The summed E-state index contributed by atoms with van der Waals surface area (Å²) >= 11 is 3.39. The Morgan fingerprint density at radius 2 is 2.06 bits per heavy atom. The van der Waals surface area contributed by atoms with Gasteiger partial charge in [0.15, 0.2) is 9.84 Å². The summed E-state index contributed by atoms with van der Waals surface area (Å²) in [6.45, 7) is 3.81. The van der Waals surface area contributed by atoms with Crippen LogP contribution < -0.4 is 4.74 Å². The van der Waals surface area contributed by atoms with Crippen LogP contribution in [0.15, 0.2) is 18.2 Å². The molecular weight excluding hydrogens is 304 g/mol. The van der Waals surface area contributed by atoms with E-state index in [-0.39, 0.29) is 18.1 Å². The molecule has 0 spiro atoms.